The third-order valence-electron chi connectivity index (χ3n) is 3.78. The molecule has 19 heavy (non-hydrogen) atoms. The Morgan fingerprint density at radius 1 is 1.37 bits per heavy atom. The maximum atomic E-state index is 6.03. The normalized spacial score (nSPS) is 18.7. The van der Waals surface area contributed by atoms with E-state index in [-0.39, 0.29) is 0 Å². The van der Waals surface area contributed by atoms with E-state index in [1.807, 2.05) is 18.2 Å². The summed E-state index contributed by atoms with van der Waals surface area (Å²) in [5, 5.41) is 1.86. The quantitative estimate of drug-likeness (QED) is 0.748. The van der Waals surface area contributed by atoms with Crippen LogP contribution in [0.25, 0.3) is 0 Å². The molecule has 0 saturated carbocycles. The van der Waals surface area contributed by atoms with Gasteiger partial charge in [-0.2, -0.15) is 0 Å². The van der Waals surface area contributed by atoms with Crippen molar-refractivity contribution >= 4 is 27.5 Å². The zero-order chi connectivity index (χ0) is 13.7. The summed E-state index contributed by atoms with van der Waals surface area (Å²) in [4.78, 5) is 2.39. The van der Waals surface area contributed by atoms with Gasteiger partial charge in [-0.1, -0.05) is 39.7 Å². The Balaban J connectivity index is 1.94. The highest BCUT2D eigenvalue weighted by Gasteiger charge is 2.32. The van der Waals surface area contributed by atoms with Crippen molar-refractivity contribution in [3.05, 3.63) is 34.9 Å². The van der Waals surface area contributed by atoms with E-state index in [1.54, 1.807) is 0 Å². The number of hydrogen-bond donors (Lipinski definition) is 0. The largest absolute Gasteiger partial charge is 0.381 e. The topological polar surface area (TPSA) is 12.5 Å². The van der Waals surface area contributed by atoms with Crippen molar-refractivity contribution in [1.82, 2.24) is 4.90 Å². The first-order valence-corrected chi connectivity index (χ1v) is 8.20. The van der Waals surface area contributed by atoms with Crippen LogP contribution >= 0.6 is 27.5 Å². The predicted molar refractivity (Wildman–Crippen MR) is 84.1 cm³/mol. The Morgan fingerprint density at radius 3 is 2.74 bits per heavy atom. The Hall–Kier alpha value is -0.0900. The molecule has 0 amide bonds. The predicted octanol–water partition coefficient (Wildman–Crippen LogP) is 3.96. The van der Waals surface area contributed by atoms with Crippen LogP contribution in [-0.4, -0.2) is 37.0 Å². The van der Waals surface area contributed by atoms with Crippen molar-refractivity contribution in [2.24, 2.45) is 5.41 Å². The van der Waals surface area contributed by atoms with Crippen LogP contribution in [0.3, 0.4) is 0 Å². The fraction of sp³-hybridized carbons (Fsp3) is 0.600. The Bertz CT molecular complexity index is 407. The lowest BCUT2D eigenvalue weighted by atomic mass is 9.82. The van der Waals surface area contributed by atoms with Crippen molar-refractivity contribution in [3.8, 4) is 0 Å². The lowest BCUT2D eigenvalue weighted by Gasteiger charge is -2.38. The summed E-state index contributed by atoms with van der Waals surface area (Å²) in [5.74, 6) is 0. The van der Waals surface area contributed by atoms with Gasteiger partial charge in [-0.15, -0.1) is 0 Å². The average Bonchev–Trinajstić information content (AvgIpc) is 2.39. The van der Waals surface area contributed by atoms with Crippen LogP contribution in [0, 0.1) is 5.41 Å². The van der Waals surface area contributed by atoms with Crippen molar-refractivity contribution < 1.29 is 4.74 Å². The summed E-state index contributed by atoms with van der Waals surface area (Å²) >= 11 is 9.72. The molecule has 1 fully saturated rings. The molecule has 0 bridgehead atoms. The first-order chi connectivity index (χ1) is 9.13. The SMILES string of the molecule is CN(Cc1cccc(Cl)c1)CC1(CBr)CCOCC1. The van der Waals surface area contributed by atoms with E-state index < -0.39 is 0 Å². The molecule has 1 aromatic carbocycles. The average molecular weight is 347 g/mol. The van der Waals surface area contributed by atoms with E-state index in [2.05, 4.69) is 33.9 Å². The number of benzene rings is 1. The van der Waals surface area contributed by atoms with E-state index >= 15 is 0 Å². The Kier molecular flexibility index (Phi) is 5.70. The Morgan fingerprint density at radius 2 is 2.11 bits per heavy atom. The first-order valence-electron chi connectivity index (χ1n) is 6.70. The van der Waals surface area contributed by atoms with Gasteiger partial charge in [-0.05, 0) is 43.0 Å². The molecule has 0 aromatic heterocycles. The van der Waals surface area contributed by atoms with Crippen molar-refractivity contribution in [2.45, 2.75) is 19.4 Å². The molecule has 106 valence electrons. The highest BCUT2D eigenvalue weighted by molar-refractivity contribution is 9.09. The van der Waals surface area contributed by atoms with E-state index in [9.17, 15) is 0 Å². The van der Waals surface area contributed by atoms with E-state index in [0.717, 1.165) is 49.5 Å². The van der Waals surface area contributed by atoms with Crippen LogP contribution in [0.15, 0.2) is 24.3 Å². The fourth-order valence-corrected chi connectivity index (χ4v) is 3.66. The van der Waals surface area contributed by atoms with E-state index in [1.165, 1.54) is 5.56 Å². The summed E-state index contributed by atoms with van der Waals surface area (Å²) < 4.78 is 5.49. The third-order valence-corrected chi connectivity index (χ3v) is 5.21. The molecule has 0 spiro atoms. The maximum Gasteiger partial charge on any atom is 0.0472 e. The summed E-state index contributed by atoms with van der Waals surface area (Å²) in [7, 11) is 2.18. The zero-order valence-corrected chi connectivity index (χ0v) is 13.7. The first kappa shape index (κ1) is 15.3. The minimum Gasteiger partial charge on any atom is -0.381 e. The molecule has 1 aliphatic heterocycles. The molecular weight excluding hydrogens is 326 g/mol. The molecule has 2 rings (SSSR count). The van der Waals surface area contributed by atoms with Crippen LogP contribution < -0.4 is 0 Å². The lowest BCUT2D eigenvalue weighted by molar-refractivity contribution is 0.0110. The van der Waals surface area contributed by atoms with Crippen LogP contribution in [0.5, 0.6) is 0 Å². The molecule has 0 N–H and O–H groups in total. The van der Waals surface area contributed by atoms with Gasteiger partial charge in [0.05, 0.1) is 0 Å². The number of nitrogens with zero attached hydrogens (tertiary/aromatic N) is 1. The summed E-state index contributed by atoms with van der Waals surface area (Å²) in [6.45, 7) is 3.80. The molecule has 0 unspecified atom stereocenters. The van der Waals surface area contributed by atoms with Gasteiger partial charge in [-0.3, -0.25) is 0 Å². The minimum atomic E-state index is 0.353. The molecule has 2 nitrogen and oxygen atoms in total. The summed E-state index contributed by atoms with van der Waals surface area (Å²) in [6.07, 6.45) is 2.27. The molecule has 1 aliphatic rings. The molecular formula is C15H21BrClNO. The van der Waals surface area contributed by atoms with Gasteiger partial charge in [0.15, 0.2) is 0 Å². The van der Waals surface area contributed by atoms with E-state index in [4.69, 9.17) is 16.3 Å². The standard InChI is InChI=1S/C15H21BrClNO/c1-18(10-13-3-2-4-14(17)9-13)12-15(11-16)5-7-19-8-6-15/h2-4,9H,5-8,10-12H2,1H3. The summed E-state index contributed by atoms with van der Waals surface area (Å²) in [5.41, 5.74) is 1.62. The highest BCUT2D eigenvalue weighted by atomic mass is 79.9. The molecule has 0 atom stereocenters. The van der Waals surface area contributed by atoms with Crippen LogP contribution in [-0.2, 0) is 11.3 Å². The van der Waals surface area contributed by atoms with Crippen molar-refractivity contribution in [2.75, 3.05) is 32.1 Å². The van der Waals surface area contributed by atoms with Gasteiger partial charge in [0, 0.05) is 36.7 Å². The van der Waals surface area contributed by atoms with Gasteiger partial charge < -0.3 is 9.64 Å². The fourth-order valence-electron chi connectivity index (χ4n) is 2.71. The molecule has 0 radical (unpaired) electrons. The second-order valence-corrected chi connectivity index (χ2v) is 6.55. The smallest absolute Gasteiger partial charge is 0.0472 e. The van der Waals surface area contributed by atoms with Crippen LogP contribution in [0.1, 0.15) is 18.4 Å². The number of halogens is 2. The summed E-state index contributed by atoms with van der Waals surface area (Å²) in [6, 6.07) is 8.11. The molecule has 1 aromatic rings. The zero-order valence-electron chi connectivity index (χ0n) is 11.4. The number of hydrogen-bond acceptors (Lipinski definition) is 2. The minimum absolute atomic E-state index is 0.353. The number of ether oxygens (including phenoxy) is 1. The second-order valence-electron chi connectivity index (χ2n) is 5.55. The van der Waals surface area contributed by atoms with Gasteiger partial charge >= 0.3 is 0 Å². The molecule has 1 heterocycles. The van der Waals surface area contributed by atoms with Crippen molar-refractivity contribution in [1.29, 1.82) is 0 Å². The van der Waals surface area contributed by atoms with Crippen molar-refractivity contribution in [3.63, 3.8) is 0 Å². The molecule has 4 heteroatoms. The van der Waals surface area contributed by atoms with Gasteiger partial charge in [0.25, 0.3) is 0 Å². The third kappa shape index (κ3) is 4.45. The van der Waals surface area contributed by atoms with Gasteiger partial charge in [0.1, 0.15) is 0 Å². The highest BCUT2D eigenvalue weighted by Crippen LogP contribution is 2.33. The lowest BCUT2D eigenvalue weighted by Crippen LogP contribution is -2.41. The van der Waals surface area contributed by atoms with Gasteiger partial charge in [-0.25, -0.2) is 0 Å². The number of alkyl halides is 1. The van der Waals surface area contributed by atoms with E-state index in [0.29, 0.717) is 5.41 Å². The number of rotatable bonds is 5. The van der Waals surface area contributed by atoms with Gasteiger partial charge in [0.2, 0.25) is 0 Å². The Labute approximate surface area is 129 Å². The molecule has 0 aliphatic carbocycles. The monoisotopic (exact) mass is 345 g/mol. The van der Waals surface area contributed by atoms with Crippen LogP contribution in [0.2, 0.25) is 5.02 Å². The van der Waals surface area contributed by atoms with Crippen LogP contribution in [0.4, 0.5) is 0 Å². The maximum absolute atomic E-state index is 6.03. The molecule has 1 saturated heterocycles. The second kappa shape index (κ2) is 7.07.